The zero-order valence-electron chi connectivity index (χ0n) is 30.9. The first kappa shape index (κ1) is 37.1. The zero-order valence-corrected chi connectivity index (χ0v) is 32.6. The number of fused-ring (bicyclic) bond motifs is 1. The van der Waals surface area contributed by atoms with Gasteiger partial charge in [-0.05, 0) is 95.8 Å². The second kappa shape index (κ2) is 16.8. The molecule has 2 aliphatic rings. The van der Waals surface area contributed by atoms with Gasteiger partial charge in [-0.1, -0.05) is 145 Å². The van der Waals surface area contributed by atoms with Crippen molar-refractivity contribution >= 4 is 21.5 Å². The summed E-state index contributed by atoms with van der Waals surface area (Å²) in [5.74, 6) is 0.712. The van der Waals surface area contributed by atoms with Crippen LogP contribution in [0.2, 0.25) is 0 Å². The monoisotopic (exact) mass is 773 g/mol. The maximum absolute atomic E-state index is 6.19. The molecule has 274 valence electrons. The van der Waals surface area contributed by atoms with Crippen LogP contribution in [-0.2, 0) is 15.1 Å². The average molecular weight is 775 g/mol. The Morgan fingerprint density at radius 1 is 0.611 bits per heavy atom. The van der Waals surface area contributed by atoms with Gasteiger partial charge < -0.3 is 14.5 Å². The molecule has 0 atom stereocenters. The quantitative estimate of drug-likeness (QED) is 0.0827. The number of halogens is 1. The standard InChI is InChI=1S/C49H43N2O.ClH.Cu/c1-34-28-35(2)46(36(3)29-34)45-27-17-26-41-32-50(33-51(41)45)49-43(47(37-18-9-5-10-19-37)38-20-11-6-12-21-38)30-42(52-4)31-44(49)48(39-22-13-7-14-23-39)40-24-15-8-16-25-40;;/h5-33,47-48H,1-4H3;1H;/q-1;;+1/p-1. The van der Waals surface area contributed by atoms with Crippen LogP contribution in [0.3, 0.4) is 0 Å². The molecule has 3 nitrogen and oxygen atoms in total. The van der Waals surface area contributed by atoms with Gasteiger partial charge in [0.15, 0.2) is 0 Å². The van der Waals surface area contributed by atoms with Crippen molar-refractivity contribution < 1.29 is 19.8 Å². The predicted molar refractivity (Wildman–Crippen MR) is 221 cm³/mol. The third-order valence-corrected chi connectivity index (χ3v) is 10.3. The number of anilines is 1. The molecule has 6 aromatic carbocycles. The number of hydrogen-bond acceptors (Lipinski definition) is 3. The average Bonchev–Trinajstić information content (AvgIpc) is 3.65. The minimum atomic E-state index is -0.0602. The van der Waals surface area contributed by atoms with Gasteiger partial charge in [-0.15, -0.1) is 6.67 Å². The molecule has 6 aromatic rings. The number of benzene rings is 6. The molecular weight excluding hydrogens is 732 g/mol. The van der Waals surface area contributed by atoms with Crippen LogP contribution in [0.4, 0.5) is 5.69 Å². The molecule has 0 saturated carbocycles. The molecule has 0 bridgehead atoms. The summed E-state index contributed by atoms with van der Waals surface area (Å²) >= 11 is 3.66. The number of hydrogen-bond donors (Lipinski definition) is 0. The SMILES string of the molecule is COc1cc(C(c2ccccc2)c2ccccc2)c(N2C=C3C=CC=C(c4c(C)cc(C)cc4C)N3[CH-]2)c(C(c2ccccc2)c2ccccc2)c1.[Cl][Cu]. The van der Waals surface area contributed by atoms with E-state index in [2.05, 4.69) is 232 Å². The topological polar surface area (TPSA) is 15.7 Å². The van der Waals surface area contributed by atoms with Crippen LogP contribution in [0.15, 0.2) is 176 Å². The van der Waals surface area contributed by atoms with Crippen LogP contribution in [0.25, 0.3) is 5.70 Å². The van der Waals surface area contributed by atoms with E-state index >= 15 is 0 Å². The Hall–Kier alpha value is -5.25. The molecule has 2 heterocycles. The van der Waals surface area contributed by atoms with Gasteiger partial charge in [0.1, 0.15) is 5.75 Å². The Kier molecular flexibility index (Phi) is 11.6. The van der Waals surface area contributed by atoms with Crippen LogP contribution in [0.5, 0.6) is 5.75 Å². The van der Waals surface area contributed by atoms with E-state index in [0.29, 0.717) is 0 Å². The maximum atomic E-state index is 6.19. The summed E-state index contributed by atoms with van der Waals surface area (Å²) < 4.78 is 6.19. The molecule has 0 radical (unpaired) electrons. The molecule has 2 aliphatic heterocycles. The molecule has 5 heteroatoms. The van der Waals surface area contributed by atoms with Crippen molar-refractivity contribution in [1.29, 1.82) is 0 Å². The fourth-order valence-electron chi connectivity index (χ4n) is 8.17. The van der Waals surface area contributed by atoms with Gasteiger partial charge in [0.25, 0.3) is 0 Å². The summed E-state index contributed by atoms with van der Waals surface area (Å²) in [5, 5.41) is 0. The number of allylic oxidation sites excluding steroid dienone is 3. The Bertz CT molecular complexity index is 2100. The normalized spacial score (nSPS) is 13.4. The third kappa shape index (κ3) is 7.43. The van der Waals surface area contributed by atoms with Crippen molar-refractivity contribution in [3.63, 3.8) is 0 Å². The van der Waals surface area contributed by atoms with Gasteiger partial charge >= 0.3 is 25.2 Å². The second-order valence-electron chi connectivity index (χ2n) is 13.8. The molecular formula is C49H43ClCuN2O-. The van der Waals surface area contributed by atoms with Crippen LogP contribution in [0, 0.1) is 27.4 Å². The van der Waals surface area contributed by atoms with E-state index in [1.54, 1.807) is 7.11 Å². The van der Waals surface area contributed by atoms with E-state index in [-0.39, 0.29) is 11.8 Å². The van der Waals surface area contributed by atoms with Crippen molar-refractivity contribution in [2.45, 2.75) is 32.6 Å². The Morgan fingerprint density at radius 2 is 1.04 bits per heavy atom. The van der Waals surface area contributed by atoms with Crippen molar-refractivity contribution in [3.05, 3.63) is 238 Å². The zero-order chi connectivity index (χ0) is 37.6. The third-order valence-electron chi connectivity index (χ3n) is 10.3. The first-order valence-electron chi connectivity index (χ1n) is 18.1. The summed E-state index contributed by atoms with van der Waals surface area (Å²) in [6, 6.07) is 52.5. The number of ether oxygens (including phenoxy) is 1. The number of aryl methyl sites for hydroxylation is 3. The van der Waals surface area contributed by atoms with Gasteiger partial charge in [0.2, 0.25) is 0 Å². The molecule has 0 aromatic heterocycles. The minimum absolute atomic E-state index is 0.0602. The van der Waals surface area contributed by atoms with Gasteiger partial charge in [-0.3, -0.25) is 0 Å². The molecule has 0 amide bonds. The molecule has 0 N–H and O–H groups in total. The molecule has 0 saturated heterocycles. The first-order valence-corrected chi connectivity index (χ1v) is 19.4. The number of rotatable bonds is 9. The molecule has 0 fully saturated rings. The molecule has 8 rings (SSSR count). The van der Waals surface area contributed by atoms with Crippen LogP contribution in [0.1, 0.15) is 67.5 Å². The van der Waals surface area contributed by atoms with Gasteiger partial charge in [0, 0.05) is 34.5 Å². The van der Waals surface area contributed by atoms with Crippen molar-refractivity contribution in [2.75, 3.05) is 12.0 Å². The van der Waals surface area contributed by atoms with E-state index in [9.17, 15) is 0 Å². The number of methoxy groups -OCH3 is 1. The van der Waals surface area contributed by atoms with Crippen molar-refractivity contribution in [2.24, 2.45) is 0 Å². The molecule has 0 unspecified atom stereocenters. The Labute approximate surface area is 332 Å². The fourth-order valence-corrected chi connectivity index (χ4v) is 8.17. The van der Waals surface area contributed by atoms with E-state index in [4.69, 9.17) is 4.74 Å². The van der Waals surface area contributed by atoms with Crippen molar-refractivity contribution in [1.82, 2.24) is 4.90 Å². The summed E-state index contributed by atoms with van der Waals surface area (Å²) in [4.78, 5) is 4.71. The second-order valence-corrected chi connectivity index (χ2v) is 13.8. The Balaban J connectivity index is 0.00000221. The molecule has 54 heavy (non-hydrogen) atoms. The van der Waals surface area contributed by atoms with Crippen LogP contribution >= 0.6 is 10.1 Å². The molecule has 0 spiro atoms. The summed E-state index contributed by atoms with van der Waals surface area (Å²) in [5.41, 5.74) is 15.8. The fraction of sp³-hybridized carbons (Fsp3) is 0.122. The van der Waals surface area contributed by atoms with E-state index in [1.165, 1.54) is 61.3 Å². The predicted octanol–water partition coefficient (Wildman–Crippen LogP) is 12.4. The first-order chi connectivity index (χ1) is 26.5. The summed E-state index contributed by atoms with van der Waals surface area (Å²) in [6.07, 6.45) is 8.92. The number of nitrogens with zero attached hydrogens (tertiary/aromatic N) is 2. The molecule has 0 aliphatic carbocycles. The van der Waals surface area contributed by atoms with Gasteiger partial charge in [0.05, 0.1) is 7.11 Å². The van der Waals surface area contributed by atoms with Gasteiger partial charge in [-0.25, -0.2) is 0 Å². The van der Waals surface area contributed by atoms with E-state index in [0.717, 1.165) is 17.1 Å². The van der Waals surface area contributed by atoms with E-state index < -0.39 is 0 Å². The van der Waals surface area contributed by atoms with Crippen LogP contribution < -0.4 is 9.64 Å². The summed E-state index contributed by atoms with van der Waals surface area (Å²) in [7, 11) is 5.98. The van der Waals surface area contributed by atoms with Gasteiger partial charge in [-0.2, -0.15) is 0 Å². The van der Waals surface area contributed by atoms with E-state index in [1.807, 2.05) is 0 Å². The Morgan fingerprint density at radius 3 is 1.44 bits per heavy atom. The summed E-state index contributed by atoms with van der Waals surface area (Å²) in [6.45, 7) is 8.89. The van der Waals surface area contributed by atoms with Crippen molar-refractivity contribution in [3.8, 4) is 5.75 Å². The van der Waals surface area contributed by atoms with Crippen LogP contribution in [-0.4, -0.2) is 12.0 Å².